The van der Waals surface area contributed by atoms with Crippen molar-refractivity contribution in [3.8, 4) is 0 Å². The van der Waals surface area contributed by atoms with E-state index in [1.165, 1.54) is 0 Å². The number of benzene rings is 2. The Morgan fingerprint density at radius 3 is 1.92 bits per heavy atom. The van der Waals surface area contributed by atoms with Gasteiger partial charge in [-0.1, -0.05) is 37.0 Å². The average molecular weight is 365 g/mol. The fourth-order valence-corrected chi connectivity index (χ4v) is 2.63. The molecule has 4 nitrogen and oxygen atoms in total. The van der Waals surface area contributed by atoms with E-state index < -0.39 is 0 Å². The monoisotopic (exact) mass is 364 g/mol. The Bertz CT molecular complexity index is 723. The number of anilines is 2. The molecule has 0 aromatic heterocycles. The highest BCUT2D eigenvalue weighted by molar-refractivity contribution is 6.35. The minimum atomic E-state index is -0.309. The van der Waals surface area contributed by atoms with Crippen molar-refractivity contribution in [3.05, 3.63) is 58.1 Å². The van der Waals surface area contributed by atoms with Gasteiger partial charge < -0.3 is 10.6 Å². The van der Waals surface area contributed by atoms with Gasteiger partial charge in [-0.2, -0.15) is 0 Å². The van der Waals surface area contributed by atoms with E-state index in [4.69, 9.17) is 23.2 Å². The van der Waals surface area contributed by atoms with Crippen LogP contribution >= 0.6 is 23.2 Å². The van der Waals surface area contributed by atoms with Gasteiger partial charge in [-0.15, -0.1) is 0 Å². The van der Waals surface area contributed by atoms with E-state index in [-0.39, 0.29) is 11.8 Å². The van der Waals surface area contributed by atoms with E-state index in [1.807, 2.05) is 13.8 Å². The molecule has 0 atom stereocenters. The SMILES string of the molecule is CC(C)CC(=O)Nc1ccc(NC(=O)c2cc(Cl)cc(Cl)c2)cc1. The van der Waals surface area contributed by atoms with E-state index in [0.717, 1.165) is 0 Å². The van der Waals surface area contributed by atoms with Crippen molar-refractivity contribution >= 4 is 46.4 Å². The van der Waals surface area contributed by atoms with E-state index >= 15 is 0 Å². The van der Waals surface area contributed by atoms with Crippen molar-refractivity contribution in [1.82, 2.24) is 0 Å². The van der Waals surface area contributed by atoms with Crippen LogP contribution in [0, 0.1) is 5.92 Å². The summed E-state index contributed by atoms with van der Waals surface area (Å²) in [5, 5.41) is 6.37. The quantitative estimate of drug-likeness (QED) is 0.762. The maximum Gasteiger partial charge on any atom is 0.255 e. The van der Waals surface area contributed by atoms with Crippen LogP contribution in [0.2, 0.25) is 10.0 Å². The smallest absolute Gasteiger partial charge is 0.255 e. The third-order valence-corrected chi connectivity index (χ3v) is 3.58. The fourth-order valence-electron chi connectivity index (χ4n) is 2.11. The molecule has 0 fully saturated rings. The molecule has 2 N–H and O–H groups in total. The van der Waals surface area contributed by atoms with Gasteiger partial charge >= 0.3 is 0 Å². The zero-order valence-corrected chi connectivity index (χ0v) is 14.9. The third-order valence-electron chi connectivity index (χ3n) is 3.14. The van der Waals surface area contributed by atoms with Crippen molar-refractivity contribution in [3.63, 3.8) is 0 Å². The summed E-state index contributed by atoms with van der Waals surface area (Å²) in [5.74, 6) is -0.0422. The molecule has 0 radical (unpaired) electrons. The Morgan fingerprint density at radius 1 is 0.917 bits per heavy atom. The Labute approximate surface area is 151 Å². The molecule has 0 saturated heterocycles. The summed E-state index contributed by atoms with van der Waals surface area (Å²) in [4.78, 5) is 23.9. The van der Waals surface area contributed by atoms with Crippen LogP contribution in [0.25, 0.3) is 0 Å². The van der Waals surface area contributed by atoms with E-state index in [2.05, 4.69) is 10.6 Å². The van der Waals surface area contributed by atoms with Crippen LogP contribution < -0.4 is 10.6 Å². The number of amides is 2. The zero-order chi connectivity index (χ0) is 17.7. The second-order valence-corrected chi connectivity index (χ2v) is 6.71. The summed E-state index contributed by atoms with van der Waals surface area (Å²) in [5.41, 5.74) is 1.67. The van der Waals surface area contributed by atoms with Gasteiger partial charge in [0.25, 0.3) is 5.91 Å². The summed E-state index contributed by atoms with van der Waals surface area (Å²) >= 11 is 11.8. The molecule has 0 bridgehead atoms. The molecule has 6 heteroatoms. The summed E-state index contributed by atoms with van der Waals surface area (Å²) in [6, 6.07) is 11.6. The van der Waals surface area contributed by atoms with Crippen LogP contribution in [0.4, 0.5) is 11.4 Å². The lowest BCUT2D eigenvalue weighted by Crippen LogP contribution is -2.14. The van der Waals surface area contributed by atoms with Gasteiger partial charge in [0.15, 0.2) is 0 Å². The molecule has 0 spiro atoms. The van der Waals surface area contributed by atoms with Gasteiger partial charge in [0.2, 0.25) is 5.91 Å². The number of nitrogens with one attached hydrogen (secondary N) is 2. The Kier molecular flexibility index (Phi) is 6.23. The van der Waals surface area contributed by atoms with Crippen LogP contribution in [0.3, 0.4) is 0 Å². The molecule has 2 rings (SSSR count). The molecule has 0 unspecified atom stereocenters. The predicted molar refractivity (Wildman–Crippen MR) is 98.9 cm³/mol. The highest BCUT2D eigenvalue weighted by atomic mass is 35.5. The van der Waals surface area contributed by atoms with Crippen LogP contribution in [0.15, 0.2) is 42.5 Å². The van der Waals surface area contributed by atoms with Crippen LogP contribution in [0.1, 0.15) is 30.6 Å². The average Bonchev–Trinajstić information content (AvgIpc) is 2.47. The standard InChI is InChI=1S/C18H18Cl2N2O2/c1-11(2)7-17(23)21-15-3-5-16(6-4-15)22-18(24)12-8-13(19)10-14(20)9-12/h3-6,8-11H,7H2,1-2H3,(H,21,23)(H,22,24). The number of hydrogen-bond donors (Lipinski definition) is 2. The second-order valence-electron chi connectivity index (χ2n) is 5.84. The number of halogens is 2. The van der Waals surface area contributed by atoms with Crippen molar-refractivity contribution in [2.24, 2.45) is 5.92 Å². The molecule has 0 aliphatic carbocycles. The van der Waals surface area contributed by atoms with E-state index in [9.17, 15) is 9.59 Å². The highest BCUT2D eigenvalue weighted by Gasteiger charge is 2.09. The fraction of sp³-hybridized carbons (Fsp3) is 0.222. The largest absolute Gasteiger partial charge is 0.326 e. The topological polar surface area (TPSA) is 58.2 Å². The molecule has 0 aliphatic heterocycles. The van der Waals surface area contributed by atoms with Gasteiger partial charge in [0.05, 0.1) is 0 Å². The van der Waals surface area contributed by atoms with Gasteiger partial charge in [-0.25, -0.2) is 0 Å². The molecule has 24 heavy (non-hydrogen) atoms. The van der Waals surface area contributed by atoms with Gasteiger partial charge in [-0.05, 0) is 48.4 Å². The molecule has 0 heterocycles. The summed E-state index contributed by atoms with van der Waals surface area (Å²) in [7, 11) is 0. The van der Waals surface area contributed by atoms with E-state index in [0.29, 0.717) is 39.3 Å². The molecule has 2 amide bonds. The van der Waals surface area contributed by atoms with Crippen LogP contribution in [-0.4, -0.2) is 11.8 Å². The number of carbonyl (C=O) groups is 2. The highest BCUT2D eigenvalue weighted by Crippen LogP contribution is 2.21. The van der Waals surface area contributed by atoms with Gasteiger partial charge in [0.1, 0.15) is 0 Å². The van der Waals surface area contributed by atoms with Crippen molar-refractivity contribution in [2.75, 3.05) is 10.6 Å². The molecule has 0 aliphatic rings. The normalized spacial score (nSPS) is 10.5. The van der Waals surface area contributed by atoms with Crippen molar-refractivity contribution in [2.45, 2.75) is 20.3 Å². The van der Waals surface area contributed by atoms with Crippen LogP contribution in [-0.2, 0) is 4.79 Å². The van der Waals surface area contributed by atoms with Crippen molar-refractivity contribution in [1.29, 1.82) is 0 Å². The third kappa shape index (κ3) is 5.55. The lowest BCUT2D eigenvalue weighted by Gasteiger charge is -2.09. The first-order valence-corrected chi connectivity index (χ1v) is 8.26. The molecular formula is C18H18Cl2N2O2. The number of hydrogen-bond acceptors (Lipinski definition) is 2. The molecule has 2 aromatic rings. The van der Waals surface area contributed by atoms with Crippen molar-refractivity contribution < 1.29 is 9.59 Å². The molecule has 2 aromatic carbocycles. The first-order valence-electron chi connectivity index (χ1n) is 7.51. The zero-order valence-electron chi connectivity index (χ0n) is 13.4. The first kappa shape index (κ1) is 18.3. The minimum absolute atomic E-state index is 0.0321. The lowest BCUT2D eigenvalue weighted by molar-refractivity contribution is -0.116. The summed E-state index contributed by atoms with van der Waals surface area (Å²) in [6.45, 7) is 3.97. The molecule has 126 valence electrons. The van der Waals surface area contributed by atoms with Gasteiger partial charge in [0, 0.05) is 33.4 Å². The Morgan fingerprint density at radius 2 is 1.42 bits per heavy atom. The predicted octanol–water partition coefficient (Wildman–Crippen LogP) is 5.23. The Balaban J connectivity index is 2.00. The molecule has 0 saturated carbocycles. The lowest BCUT2D eigenvalue weighted by atomic mass is 10.1. The van der Waals surface area contributed by atoms with Gasteiger partial charge in [-0.3, -0.25) is 9.59 Å². The number of rotatable bonds is 5. The number of carbonyl (C=O) groups excluding carboxylic acids is 2. The second kappa shape index (κ2) is 8.18. The maximum absolute atomic E-state index is 12.2. The first-order chi connectivity index (χ1) is 11.3. The summed E-state index contributed by atoms with van der Waals surface area (Å²) in [6.07, 6.45) is 0.466. The minimum Gasteiger partial charge on any atom is -0.326 e. The maximum atomic E-state index is 12.2. The van der Waals surface area contributed by atoms with E-state index in [1.54, 1.807) is 42.5 Å². The Hall–Kier alpha value is -2.04. The molecular weight excluding hydrogens is 347 g/mol. The van der Waals surface area contributed by atoms with Crippen LogP contribution in [0.5, 0.6) is 0 Å². The summed E-state index contributed by atoms with van der Waals surface area (Å²) < 4.78 is 0.